The van der Waals surface area contributed by atoms with Crippen molar-refractivity contribution in [1.29, 1.82) is 0 Å². The predicted molar refractivity (Wildman–Crippen MR) is 87.1 cm³/mol. The molecular weight excluding hydrogens is 357 g/mol. The van der Waals surface area contributed by atoms with Crippen molar-refractivity contribution < 1.29 is 25.8 Å². The van der Waals surface area contributed by atoms with Gasteiger partial charge in [-0.25, -0.2) is 17.9 Å². The van der Waals surface area contributed by atoms with E-state index < -0.39 is 41.3 Å². The number of sulfonamides is 1. The van der Waals surface area contributed by atoms with Crippen LogP contribution in [0.25, 0.3) is 11.1 Å². The Hall–Kier alpha value is -1.81. The maximum atomic E-state index is 14.5. The second kappa shape index (κ2) is 6.25. The van der Waals surface area contributed by atoms with E-state index in [0.717, 1.165) is 24.3 Å². The Bertz CT molecular complexity index is 948. The molecule has 130 valence electrons. The van der Waals surface area contributed by atoms with Gasteiger partial charge in [-0.1, -0.05) is 32.0 Å². The van der Waals surface area contributed by atoms with E-state index in [-0.39, 0.29) is 11.5 Å². The van der Waals surface area contributed by atoms with Crippen molar-refractivity contribution in [3.05, 3.63) is 47.8 Å². The molecule has 6 nitrogen and oxygen atoms in total. The Balaban J connectivity index is 3.10. The summed E-state index contributed by atoms with van der Waals surface area (Å²) in [4.78, 5) is -1.30. The molecule has 0 amide bonds. The first kappa shape index (κ1) is 18.5. The van der Waals surface area contributed by atoms with Gasteiger partial charge in [0.1, 0.15) is 10.7 Å². The molecule has 24 heavy (non-hydrogen) atoms. The zero-order valence-electron chi connectivity index (χ0n) is 12.9. The lowest BCUT2D eigenvalue weighted by Gasteiger charge is -2.18. The Morgan fingerprint density at radius 2 is 1.50 bits per heavy atom. The molecule has 3 N–H and O–H groups in total. The minimum Gasteiger partial charge on any atom is -0.282 e. The highest BCUT2D eigenvalue weighted by Gasteiger charge is 2.28. The van der Waals surface area contributed by atoms with E-state index in [9.17, 15) is 25.8 Å². The van der Waals surface area contributed by atoms with Gasteiger partial charge in [0.05, 0.1) is 4.90 Å². The van der Waals surface area contributed by atoms with Gasteiger partial charge in [0.2, 0.25) is 10.0 Å². The van der Waals surface area contributed by atoms with Crippen LogP contribution in [0.15, 0.2) is 46.2 Å². The first-order valence-corrected chi connectivity index (χ1v) is 9.85. The van der Waals surface area contributed by atoms with Crippen molar-refractivity contribution in [2.45, 2.75) is 29.6 Å². The van der Waals surface area contributed by atoms with E-state index in [1.165, 1.54) is 6.07 Å². The van der Waals surface area contributed by atoms with Crippen LogP contribution in [0, 0.1) is 5.82 Å². The number of rotatable bonds is 4. The molecule has 0 saturated carbocycles. The van der Waals surface area contributed by atoms with Crippen LogP contribution in [0.3, 0.4) is 0 Å². The second-order valence-electron chi connectivity index (χ2n) is 5.51. The van der Waals surface area contributed by atoms with Crippen molar-refractivity contribution >= 4 is 20.1 Å². The van der Waals surface area contributed by atoms with Gasteiger partial charge in [-0.3, -0.25) is 4.55 Å². The normalized spacial score (nSPS) is 12.6. The predicted octanol–water partition coefficient (Wildman–Crippen LogP) is 2.51. The molecule has 0 heterocycles. The molecule has 0 aliphatic heterocycles. The lowest BCUT2D eigenvalue weighted by Crippen LogP contribution is -2.16. The van der Waals surface area contributed by atoms with Gasteiger partial charge in [0.15, 0.2) is 0 Å². The molecule has 0 saturated heterocycles. The Morgan fingerprint density at radius 3 is 2.00 bits per heavy atom. The molecule has 9 heteroatoms. The lowest BCUT2D eigenvalue weighted by molar-refractivity contribution is 0.483. The molecule has 0 fully saturated rings. The molecular formula is C15H16FNO5S2. The molecule has 2 aromatic rings. The maximum absolute atomic E-state index is 14.5. The first-order valence-electron chi connectivity index (χ1n) is 6.86. The van der Waals surface area contributed by atoms with E-state index >= 15 is 0 Å². The van der Waals surface area contributed by atoms with Gasteiger partial charge in [-0.05, 0) is 29.7 Å². The Kier molecular flexibility index (Phi) is 4.82. The number of primary sulfonamides is 1. The van der Waals surface area contributed by atoms with Crippen molar-refractivity contribution in [3.63, 3.8) is 0 Å². The number of hydrogen-bond donors (Lipinski definition) is 2. The Morgan fingerprint density at radius 1 is 0.958 bits per heavy atom. The van der Waals surface area contributed by atoms with Crippen LogP contribution in [0.5, 0.6) is 0 Å². The van der Waals surface area contributed by atoms with Crippen molar-refractivity contribution in [2.75, 3.05) is 0 Å². The zero-order valence-corrected chi connectivity index (χ0v) is 14.5. The zero-order chi connectivity index (χ0) is 18.3. The molecule has 0 atom stereocenters. The summed E-state index contributed by atoms with van der Waals surface area (Å²) in [5.74, 6) is -1.05. The summed E-state index contributed by atoms with van der Waals surface area (Å²) >= 11 is 0. The third kappa shape index (κ3) is 3.48. The van der Waals surface area contributed by atoms with E-state index in [1.807, 2.05) is 0 Å². The number of halogens is 1. The molecule has 2 rings (SSSR count). The lowest BCUT2D eigenvalue weighted by atomic mass is 9.92. The molecule has 0 bridgehead atoms. The van der Waals surface area contributed by atoms with Crippen molar-refractivity contribution in [3.8, 4) is 11.1 Å². The van der Waals surface area contributed by atoms with Crippen LogP contribution in [-0.2, 0) is 20.1 Å². The van der Waals surface area contributed by atoms with Crippen LogP contribution in [0.1, 0.15) is 25.3 Å². The summed E-state index contributed by atoms with van der Waals surface area (Å²) in [5.41, 5.74) is -0.301. The maximum Gasteiger partial charge on any atom is 0.295 e. The van der Waals surface area contributed by atoms with Crippen LogP contribution >= 0.6 is 0 Å². The molecule has 0 aromatic heterocycles. The second-order valence-corrected chi connectivity index (χ2v) is 8.43. The van der Waals surface area contributed by atoms with Gasteiger partial charge in [-0.2, -0.15) is 8.42 Å². The third-order valence-corrected chi connectivity index (χ3v) is 5.34. The average molecular weight is 373 g/mol. The SMILES string of the molecule is CC(C)c1cccc(F)c1-c1c(S(N)(=O)=O)cccc1S(=O)(=O)O. The fraction of sp³-hybridized carbons (Fsp3) is 0.200. The number of hydrogen-bond acceptors (Lipinski definition) is 4. The summed E-state index contributed by atoms with van der Waals surface area (Å²) in [7, 11) is -9.18. The fourth-order valence-corrected chi connectivity index (χ4v) is 4.05. The quantitative estimate of drug-likeness (QED) is 0.799. The molecule has 0 aliphatic rings. The minimum absolute atomic E-state index is 0.218. The third-order valence-electron chi connectivity index (χ3n) is 3.49. The first-order chi connectivity index (χ1) is 10.9. The standard InChI is InChI=1S/C15H16FNO5S2/c1-9(2)10-5-3-6-11(16)14(10)15-12(23(17,18)19)7-4-8-13(15)24(20,21)22/h3-9H,1-2H3,(H2,17,18,19)(H,20,21,22). The fourth-order valence-electron chi connectivity index (χ4n) is 2.50. The van der Waals surface area contributed by atoms with Crippen LogP contribution in [0.4, 0.5) is 4.39 Å². The van der Waals surface area contributed by atoms with Gasteiger partial charge in [-0.15, -0.1) is 0 Å². The van der Waals surface area contributed by atoms with Crippen LogP contribution in [-0.4, -0.2) is 21.4 Å². The van der Waals surface area contributed by atoms with Crippen LogP contribution in [0.2, 0.25) is 0 Å². The van der Waals surface area contributed by atoms with Crippen molar-refractivity contribution in [1.82, 2.24) is 0 Å². The monoisotopic (exact) mass is 373 g/mol. The topological polar surface area (TPSA) is 115 Å². The van der Waals surface area contributed by atoms with Crippen molar-refractivity contribution in [2.24, 2.45) is 5.14 Å². The summed E-state index contributed by atoms with van der Waals surface area (Å²) in [6, 6.07) is 7.24. The van der Waals surface area contributed by atoms with E-state index in [0.29, 0.717) is 5.56 Å². The van der Waals surface area contributed by atoms with Gasteiger partial charge in [0.25, 0.3) is 10.1 Å². The molecule has 0 aliphatic carbocycles. The smallest absolute Gasteiger partial charge is 0.282 e. The summed E-state index contributed by atoms with van der Waals surface area (Å²) in [6.07, 6.45) is 0. The number of nitrogens with two attached hydrogens (primary N) is 1. The summed E-state index contributed by atoms with van der Waals surface area (Å²) in [5, 5.41) is 5.16. The molecule has 0 unspecified atom stereocenters. The van der Waals surface area contributed by atoms with Gasteiger partial charge in [0, 0.05) is 11.1 Å². The highest BCUT2D eigenvalue weighted by molar-refractivity contribution is 7.89. The Labute approximate surface area is 139 Å². The van der Waals surface area contributed by atoms with Crippen LogP contribution < -0.4 is 5.14 Å². The highest BCUT2D eigenvalue weighted by Crippen LogP contribution is 2.39. The minimum atomic E-state index is -4.81. The van der Waals surface area contributed by atoms with Gasteiger partial charge < -0.3 is 0 Å². The van der Waals surface area contributed by atoms with E-state index in [1.54, 1.807) is 19.9 Å². The van der Waals surface area contributed by atoms with Gasteiger partial charge >= 0.3 is 0 Å². The summed E-state index contributed by atoms with van der Waals surface area (Å²) in [6.45, 7) is 3.48. The van der Waals surface area contributed by atoms with E-state index in [4.69, 9.17) is 5.14 Å². The largest absolute Gasteiger partial charge is 0.295 e. The summed E-state index contributed by atoms with van der Waals surface area (Å²) < 4.78 is 71.1. The molecule has 0 radical (unpaired) electrons. The number of benzene rings is 2. The average Bonchev–Trinajstić information content (AvgIpc) is 2.44. The van der Waals surface area contributed by atoms with E-state index in [2.05, 4.69) is 0 Å². The molecule has 2 aromatic carbocycles. The highest BCUT2D eigenvalue weighted by atomic mass is 32.2. The molecule has 0 spiro atoms.